The maximum absolute atomic E-state index is 12.9. The topological polar surface area (TPSA) is 96.7 Å². The number of furan rings is 1. The lowest BCUT2D eigenvalue weighted by molar-refractivity contribution is -0.134. The number of carbonyl (C=O) groups excluding carboxylic acids is 2. The molecule has 0 saturated carbocycles. The Morgan fingerprint density at radius 3 is 2.78 bits per heavy atom. The number of amides is 2. The van der Waals surface area contributed by atoms with Gasteiger partial charge in [0, 0.05) is 12.1 Å². The van der Waals surface area contributed by atoms with Gasteiger partial charge in [-0.2, -0.15) is 0 Å². The Kier molecular flexibility index (Phi) is 5.78. The molecule has 3 heterocycles. The number of thiocarbonyl (C=S) groups is 1. The second-order valence-electron chi connectivity index (χ2n) is 6.86. The summed E-state index contributed by atoms with van der Waals surface area (Å²) < 4.78 is 28.8. The highest BCUT2D eigenvalue weighted by atomic mass is 32.2. The number of hydrogen-bond acceptors (Lipinski definition) is 7. The third-order valence-electron chi connectivity index (χ3n) is 4.40. The second kappa shape index (κ2) is 7.76. The molecule has 0 aliphatic carbocycles. The third kappa shape index (κ3) is 4.44. The first kappa shape index (κ1) is 20.1. The summed E-state index contributed by atoms with van der Waals surface area (Å²) in [5.41, 5.74) is 0. The Labute approximate surface area is 167 Å². The first-order valence-electron chi connectivity index (χ1n) is 8.49. The quantitative estimate of drug-likeness (QED) is 0.564. The summed E-state index contributed by atoms with van der Waals surface area (Å²) in [6.45, 7) is 3.65. The lowest BCUT2D eigenvalue weighted by Gasteiger charge is -2.29. The van der Waals surface area contributed by atoms with Gasteiger partial charge in [-0.05, 0) is 24.5 Å². The van der Waals surface area contributed by atoms with Crippen LogP contribution in [-0.4, -0.2) is 53.0 Å². The highest BCUT2D eigenvalue weighted by Gasteiger charge is 2.43. The van der Waals surface area contributed by atoms with E-state index >= 15 is 0 Å². The molecule has 2 fully saturated rings. The molecule has 0 spiro atoms. The molecule has 2 amide bonds. The number of thioether (sulfide) groups is 1. The summed E-state index contributed by atoms with van der Waals surface area (Å²) >= 11 is 6.46. The Hall–Kier alpha value is -1.65. The molecule has 1 aromatic heterocycles. The van der Waals surface area contributed by atoms with Crippen LogP contribution in [0, 0.1) is 5.92 Å². The van der Waals surface area contributed by atoms with Gasteiger partial charge in [-0.3, -0.25) is 14.5 Å². The number of sulfone groups is 1. The average molecular weight is 429 g/mol. The summed E-state index contributed by atoms with van der Waals surface area (Å²) in [5.74, 6) is -0.417. The zero-order valence-corrected chi connectivity index (χ0v) is 17.3. The SMILES string of the molecule is CC(C)C(C(=O)NC1CCS(=O)(=O)C1)N1C(=O)/C(=C/c2ccco2)SC1=S. The van der Waals surface area contributed by atoms with E-state index in [9.17, 15) is 18.0 Å². The van der Waals surface area contributed by atoms with Crippen LogP contribution >= 0.6 is 24.0 Å². The van der Waals surface area contributed by atoms with Gasteiger partial charge in [-0.1, -0.05) is 37.8 Å². The van der Waals surface area contributed by atoms with Crippen LogP contribution in [0.4, 0.5) is 0 Å². The fourth-order valence-electron chi connectivity index (χ4n) is 3.14. The van der Waals surface area contributed by atoms with E-state index in [1.165, 1.54) is 11.2 Å². The summed E-state index contributed by atoms with van der Waals surface area (Å²) in [6.07, 6.45) is 3.49. The predicted octanol–water partition coefficient (Wildman–Crippen LogP) is 1.81. The lowest BCUT2D eigenvalue weighted by Crippen LogP contribution is -2.53. The molecule has 0 aromatic carbocycles. The van der Waals surface area contributed by atoms with Gasteiger partial charge in [0.05, 0.1) is 22.7 Å². The lowest BCUT2D eigenvalue weighted by atomic mass is 10.0. The fourth-order valence-corrected chi connectivity index (χ4v) is 6.12. The zero-order valence-electron chi connectivity index (χ0n) is 14.9. The van der Waals surface area contributed by atoms with Crippen molar-refractivity contribution in [3.63, 3.8) is 0 Å². The van der Waals surface area contributed by atoms with Crippen LogP contribution < -0.4 is 5.32 Å². The standard InChI is InChI=1S/C17H20N2O5S3/c1-10(2)14(15(20)18-11-5-7-27(22,23)9-11)19-16(21)13(26-17(19)25)8-12-4-3-6-24-12/h3-4,6,8,10-11,14H,5,7,9H2,1-2H3,(H,18,20)/b13-8-. The van der Waals surface area contributed by atoms with Crippen molar-refractivity contribution in [3.05, 3.63) is 29.1 Å². The summed E-state index contributed by atoms with van der Waals surface area (Å²) in [7, 11) is -3.11. The molecule has 0 bridgehead atoms. The summed E-state index contributed by atoms with van der Waals surface area (Å²) in [4.78, 5) is 27.4. The molecule has 146 valence electrons. The van der Waals surface area contributed by atoms with Gasteiger partial charge in [0.15, 0.2) is 9.84 Å². The smallest absolute Gasteiger partial charge is 0.267 e. The van der Waals surface area contributed by atoms with Crippen LogP contribution in [0.3, 0.4) is 0 Å². The Bertz CT molecular complexity index is 890. The van der Waals surface area contributed by atoms with Crippen molar-refractivity contribution in [1.82, 2.24) is 10.2 Å². The van der Waals surface area contributed by atoms with Crippen molar-refractivity contribution in [2.75, 3.05) is 11.5 Å². The Morgan fingerprint density at radius 2 is 2.22 bits per heavy atom. The van der Waals surface area contributed by atoms with Crippen molar-refractivity contribution < 1.29 is 22.4 Å². The van der Waals surface area contributed by atoms with Crippen molar-refractivity contribution in [1.29, 1.82) is 0 Å². The monoisotopic (exact) mass is 428 g/mol. The molecule has 27 heavy (non-hydrogen) atoms. The van der Waals surface area contributed by atoms with E-state index in [0.717, 1.165) is 11.8 Å². The minimum absolute atomic E-state index is 0.0667. The molecule has 2 aliphatic heterocycles. The Balaban J connectivity index is 1.79. The normalized spacial score (nSPS) is 24.8. The van der Waals surface area contributed by atoms with Gasteiger partial charge in [-0.25, -0.2) is 8.42 Å². The largest absolute Gasteiger partial charge is 0.465 e. The van der Waals surface area contributed by atoms with Crippen LogP contribution in [-0.2, 0) is 19.4 Å². The van der Waals surface area contributed by atoms with E-state index in [-0.39, 0.29) is 29.2 Å². The summed E-state index contributed by atoms with van der Waals surface area (Å²) in [6, 6.07) is 2.20. The summed E-state index contributed by atoms with van der Waals surface area (Å²) in [5, 5.41) is 2.78. The predicted molar refractivity (Wildman–Crippen MR) is 108 cm³/mol. The molecular formula is C17H20N2O5S3. The maximum Gasteiger partial charge on any atom is 0.267 e. The van der Waals surface area contributed by atoms with Gasteiger partial charge in [0.1, 0.15) is 16.1 Å². The van der Waals surface area contributed by atoms with E-state index in [2.05, 4.69) is 5.32 Å². The van der Waals surface area contributed by atoms with E-state index in [1.807, 2.05) is 13.8 Å². The van der Waals surface area contributed by atoms with E-state index in [1.54, 1.807) is 18.2 Å². The molecule has 3 rings (SSSR count). The zero-order chi connectivity index (χ0) is 19.8. The molecule has 2 atom stereocenters. The van der Waals surface area contributed by atoms with Crippen molar-refractivity contribution in [2.24, 2.45) is 5.92 Å². The first-order valence-corrected chi connectivity index (χ1v) is 11.5. The van der Waals surface area contributed by atoms with E-state index in [4.69, 9.17) is 16.6 Å². The number of rotatable bonds is 5. The van der Waals surface area contributed by atoms with Gasteiger partial charge >= 0.3 is 0 Å². The highest BCUT2D eigenvalue weighted by Crippen LogP contribution is 2.35. The van der Waals surface area contributed by atoms with Crippen LogP contribution in [0.15, 0.2) is 27.7 Å². The van der Waals surface area contributed by atoms with Gasteiger partial charge in [0.2, 0.25) is 5.91 Å². The number of nitrogens with zero attached hydrogens (tertiary/aromatic N) is 1. The van der Waals surface area contributed by atoms with Crippen LogP contribution in [0.5, 0.6) is 0 Å². The number of nitrogens with one attached hydrogen (secondary N) is 1. The maximum atomic E-state index is 12.9. The van der Waals surface area contributed by atoms with Crippen molar-refractivity contribution in [3.8, 4) is 0 Å². The van der Waals surface area contributed by atoms with Gasteiger partial charge in [-0.15, -0.1) is 0 Å². The highest BCUT2D eigenvalue weighted by molar-refractivity contribution is 8.26. The molecule has 1 aromatic rings. The second-order valence-corrected chi connectivity index (χ2v) is 10.8. The molecule has 0 radical (unpaired) electrons. The molecular weight excluding hydrogens is 408 g/mol. The fraction of sp³-hybridized carbons (Fsp3) is 0.471. The van der Waals surface area contributed by atoms with Crippen molar-refractivity contribution in [2.45, 2.75) is 32.4 Å². The van der Waals surface area contributed by atoms with Crippen molar-refractivity contribution >= 4 is 56.0 Å². The van der Waals surface area contributed by atoms with Gasteiger partial charge < -0.3 is 9.73 Å². The van der Waals surface area contributed by atoms with Crippen LogP contribution in [0.1, 0.15) is 26.0 Å². The third-order valence-corrected chi connectivity index (χ3v) is 7.50. The Morgan fingerprint density at radius 1 is 1.48 bits per heavy atom. The minimum atomic E-state index is -3.11. The minimum Gasteiger partial charge on any atom is -0.465 e. The molecule has 2 saturated heterocycles. The van der Waals surface area contributed by atoms with Crippen LogP contribution in [0.2, 0.25) is 0 Å². The average Bonchev–Trinajstić information content (AvgIpc) is 3.25. The van der Waals surface area contributed by atoms with E-state index < -0.39 is 21.9 Å². The molecule has 2 unspecified atom stereocenters. The first-order chi connectivity index (χ1) is 12.7. The van der Waals surface area contributed by atoms with Crippen LogP contribution in [0.25, 0.3) is 6.08 Å². The molecule has 7 nitrogen and oxygen atoms in total. The molecule has 2 aliphatic rings. The van der Waals surface area contributed by atoms with Gasteiger partial charge in [0.25, 0.3) is 5.91 Å². The molecule has 1 N–H and O–H groups in total. The number of hydrogen-bond donors (Lipinski definition) is 1. The van der Waals surface area contributed by atoms with E-state index in [0.29, 0.717) is 21.4 Å². The number of carbonyl (C=O) groups is 2. The molecule has 10 heteroatoms.